The zero-order chi connectivity index (χ0) is 20.3. The van der Waals surface area contributed by atoms with E-state index in [1.807, 2.05) is 0 Å². The lowest BCUT2D eigenvalue weighted by Gasteiger charge is -2.45. The number of carboxylic acid groups (broad SMARTS) is 4. The van der Waals surface area contributed by atoms with Gasteiger partial charge in [-0.05, 0) is 24.3 Å². The minimum absolute atomic E-state index is 0.620. The lowest BCUT2D eigenvalue weighted by molar-refractivity contribution is -0.142. The van der Waals surface area contributed by atoms with Crippen LogP contribution in [0.3, 0.4) is 0 Å². The van der Waals surface area contributed by atoms with Crippen molar-refractivity contribution in [3.05, 3.63) is 35.5 Å². The van der Waals surface area contributed by atoms with Crippen LogP contribution in [0.5, 0.6) is 0 Å². The Kier molecular flexibility index (Phi) is 4.65. The first-order valence-electron chi connectivity index (χ1n) is 6.54. The molecule has 0 radical (unpaired) electrons. The molecule has 0 aromatic carbocycles. The van der Waals surface area contributed by atoms with Gasteiger partial charge in [0.25, 0.3) is 0 Å². The summed E-state index contributed by atoms with van der Waals surface area (Å²) in [5.74, 6) is -7.34. The molecule has 0 aliphatic heterocycles. The first kappa shape index (κ1) is 20.6. The molecule has 0 fully saturated rings. The van der Waals surface area contributed by atoms with Gasteiger partial charge >= 0.3 is 23.9 Å². The summed E-state index contributed by atoms with van der Waals surface area (Å²) in [5, 5.41) is 38.0. The Morgan fingerprint density at radius 3 is 0.808 bits per heavy atom. The van der Waals surface area contributed by atoms with E-state index in [2.05, 4.69) is 0 Å². The molecule has 0 saturated heterocycles. The molecule has 0 aromatic heterocycles. The summed E-state index contributed by atoms with van der Waals surface area (Å²) in [4.78, 5) is 36.1. The highest BCUT2D eigenvalue weighted by Gasteiger charge is 2.66. The van der Waals surface area contributed by atoms with E-state index in [-0.39, 0.29) is 0 Å². The Balaban J connectivity index is 3.10. The average molecular weight is 446 g/mol. The fourth-order valence-corrected chi connectivity index (χ4v) is 4.09. The molecule has 4 atom stereocenters. The van der Waals surface area contributed by atoms with Crippen molar-refractivity contribution >= 4 is 70.3 Å². The average Bonchev–Trinajstić information content (AvgIpc) is 2.53. The molecule has 0 aromatic rings. The largest absolute Gasteiger partial charge is 0.479 e. The molecule has 12 heteroatoms. The first-order chi connectivity index (χ1) is 11.7. The second kappa shape index (κ2) is 5.88. The van der Waals surface area contributed by atoms with E-state index in [1.54, 1.807) is 0 Å². The van der Waals surface area contributed by atoms with Gasteiger partial charge in [-0.15, -0.1) is 0 Å². The fourth-order valence-electron chi connectivity index (χ4n) is 2.76. The van der Waals surface area contributed by atoms with Crippen LogP contribution in [0.25, 0.3) is 0 Å². The second-order valence-electron chi connectivity index (χ2n) is 5.48. The molecule has 2 rings (SSSR count). The summed E-state index contributed by atoms with van der Waals surface area (Å²) in [7, 11) is 0. The van der Waals surface area contributed by atoms with Gasteiger partial charge in [-0.3, -0.25) is 0 Å². The maximum atomic E-state index is 11.7. The van der Waals surface area contributed by atoms with Crippen molar-refractivity contribution < 1.29 is 39.6 Å². The third-order valence-corrected chi connectivity index (χ3v) is 5.94. The van der Waals surface area contributed by atoms with E-state index in [1.165, 1.54) is 0 Å². The Labute approximate surface area is 164 Å². The molecule has 0 heterocycles. The lowest BCUT2D eigenvalue weighted by Crippen LogP contribution is -2.58. The van der Waals surface area contributed by atoms with Crippen molar-refractivity contribution in [1.29, 1.82) is 0 Å². The second-order valence-corrected chi connectivity index (χ2v) is 7.87. The van der Waals surface area contributed by atoms with Crippen molar-refractivity contribution in [2.24, 2.45) is 0 Å². The van der Waals surface area contributed by atoms with Gasteiger partial charge in [-0.25, -0.2) is 19.2 Å². The Hall–Kier alpha value is -1.74. The zero-order valence-corrected chi connectivity index (χ0v) is 15.3. The van der Waals surface area contributed by atoms with Crippen molar-refractivity contribution in [2.75, 3.05) is 0 Å². The van der Waals surface area contributed by atoms with Gasteiger partial charge in [0.2, 0.25) is 0 Å². The van der Waals surface area contributed by atoms with Gasteiger partial charge in [0, 0.05) is 11.1 Å². The number of aliphatic carboxylic acids is 4. The van der Waals surface area contributed by atoms with E-state index < -0.39 is 54.5 Å². The third-order valence-electron chi connectivity index (χ3n) is 4.04. The first-order valence-corrected chi connectivity index (χ1v) is 8.05. The number of alkyl halides is 4. The molecule has 4 unspecified atom stereocenters. The smallest absolute Gasteiger partial charge is 0.333 e. The predicted octanol–water partition coefficient (Wildman–Crippen LogP) is 1.67. The van der Waals surface area contributed by atoms with Crippen molar-refractivity contribution in [3.8, 4) is 0 Å². The van der Waals surface area contributed by atoms with Gasteiger partial charge in [-0.2, -0.15) is 0 Å². The molecule has 8 nitrogen and oxygen atoms in total. The van der Waals surface area contributed by atoms with Crippen LogP contribution in [0.15, 0.2) is 35.5 Å². The number of rotatable bonds is 4. The molecule has 2 aliphatic carbocycles. The summed E-state index contributed by atoms with van der Waals surface area (Å²) in [6, 6.07) is 0. The Bertz CT molecular complexity index is 716. The Morgan fingerprint density at radius 1 is 0.538 bits per heavy atom. The lowest BCUT2D eigenvalue weighted by atomic mass is 9.67. The summed E-state index contributed by atoms with van der Waals surface area (Å²) >= 11 is 24.2. The molecule has 0 bridgehead atoms. The summed E-state index contributed by atoms with van der Waals surface area (Å²) in [6.45, 7) is 0. The van der Waals surface area contributed by atoms with Crippen LogP contribution in [-0.2, 0) is 19.2 Å². The Morgan fingerprint density at radius 2 is 0.692 bits per heavy atom. The van der Waals surface area contributed by atoms with Crippen LogP contribution < -0.4 is 0 Å². The summed E-state index contributed by atoms with van der Waals surface area (Å²) in [5.41, 5.74) is -1.96. The number of hydrogen-bond donors (Lipinski definition) is 4. The standard InChI is InChI=1S/C14H8Cl4O8/c15-11(7(19)20)1-2-12(16,8(21)22)6-5(11)13(17,9(23)24)3-4-14(6,18)10(25)26/h1-4H,(H,19,20)(H,21,22)(H,23,24)(H,25,26). The minimum atomic E-state index is -2.70. The molecule has 0 spiro atoms. The van der Waals surface area contributed by atoms with E-state index in [4.69, 9.17) is 46.4 Å². The molecule has 2 aliphatic rings. The highest BCUT2D eigenvalue weighted by molar-refractivity contribution is 6.49. The topological polar surface area (TPSA) is 149 Å². The van der Waals surface area contributed by atoms with Gasteiger partial charge in [0.1, 0.15) is 0 Å². The molecule has 4 N–H and O–H groups in total. The van der Waals surface area contributed by atoms with Crippen molar-refractivity contribution in [3.63, 3.8) is 0 Å². The zero-order valence-electron chi connectivity index (χ0n) is 12.2. The molecule has 0 saturated carbocycles. The number of halogens is 4. The monoisotopic (exact) mass is 444 g/mol. The molecular weight excluding hydrogens is 438 g/mol. The van der Waals surface area contributed by atoms with E-state index >= 15 is 0 Å². The van der Waals surface area contributed by atoms with Crippen LogP contribution in [0.4, 0.5) is 0 Å². The SMILES string of the molecule is O=C(O)C1(Cl)C=CC(Cl)(C(=O)O)C2=C1C(Cl)(C(=O)O)C=CC2(Cl)C(=O)O. The van der Waals surface area contributed by atoms with Gasteiger partial charge in [0.05, 0.1) is 0 Å². The maximum Gasteiger partial charge on any atom is 0.333 e. The van der Waals surface area contributed by atoms with Crippen LogP contribution in [0, 0.1) is 0 Å². The van der Waals surface area contributed by atoms with E-state index in [9.17, 15) is 39.6 Å². The van der Waals surface area contributed by atoms with Gasteiger partial charge < -0.3 is 20.4 Å². The normalized spacial score (nSPS) is 38.6. The quantitative estimate of drug-likeness (QED) is 0.377. The van der Waals surface area contributed by atoms with Crippen molar-refractivity contribution in [2.45, 2.75) is 19.5 Å². The fraction of sp³-hybridized carbons (Fsp3) is 0.286. The molecule has 0 amide bonds. The maximum absolute atomic E-state index is 11.7. The number of hydrogen-bond acceptors (Lipinski definition) is 4. The van der Waals surface area contributed by atoms with Crippen LogP contribution in [-0.4, -0.2) is 63.8 Å². The van der Waals surface area contributed by atoms with Crippen molar-refractivity contribution in [1.82, 2.24) is 0 Å². The highest BCUT2D eigenvalue weighted by atomic mass is 35.5. The van der Waals surface area contributed by atoms with E-state index in [0.717, 1.165) is 0 Å². The summed E-state index contributed by atoms with van der Waals surface area (Å²) in [6.07, 6.45) is 2.48. The number of carboxylic acids is 4. The molecule has 26 heavy (non-hydrogen) atoms. The van der Waals surface area contributed by atoms with E-state index in [0.29, 0.717) is 24.3 Å². The van der Waals surface area contributed by atoms with Crippen LogP contribution in [0.2, 0.25) is 0 Å². The van der Waals surface area contributed by atoms with Crippen LogP contribution in [0.1, 0.15) is 0 Å². The highest BCUT2D eigenvalue weighted by Crippen LogP contribution is 2.56. The third kappa shape index (κ3) is 2.44. The molecular formula is C14H8Cl4O8. The molecule has 140 valence electrons. The minimum Gasteiger partial charge on any atom is -0.479 e. The summed E-state index contributed by atoms with van der Waals surface area (Å²) < 4.78 is 0. The predicted molar refractivity (Wildman–Crippen MR) is 90.2 cm³/mol. The number of carbonyl (C=O) groups is 4. The van der Waals surface area contributed by atoms with Gasteiger partial charge in [-0.1, -0.05) is 46.4 Å². The van der Waals surface area contributed by atoms with Gasteiger partial charge in [0.15, 0.2) is 19.5 Å². The van der Waals surface area contributed by atoms with Crippen LogP contribution >= 0.6 is 46.4 Å².